The van der Waals surface area contributed by atoms with Gasteiger partial charge in [0.2, 0.25) is 11.2 Å². The van der Waals surface area contributed by atoms with E-state index in [-0.39, 0.29) is 5.28 Å². The molecule has 0 aliphatic heterocycles. The molecule has 0 N–H and O–H groups in total. The number of hydrogen-bond donors (Lipinski definition) is 0. The molecule has 1 aromatic carbocycles. The van der Waals surface area contributed by atoms with E-state index in [9.17, 15) is 0 Å². The van der Waals surface area contributed by atoms with Crippen LogP contribution in [0.15, 0.2) is 43.0 Å². The van der Waals surface area contributed by atoms with Gasteiger partial charge in [0.15, 0.2) is 0 Å². The van der Waals surface area contributed by atoms with Crippen molar-refractivity contribution in [1.82, 2.24) is 39.5 Å². The summed E-state index contributed by atoms with van der Waals surface area (Å²) in [4.78, 5) is 16.5. The van der Waals surface area contributed by atoms with E-state index in [2.05, 4.69) is 30.2 Å². The van der Waals surface area contributed by atoms with Crippen LogP contribution < -0.4 is 0 Å². The SMILES string of the molecule is Clc1nc(-n2ccnc2)nc(-n2nnc3ccccc32)n1. The lowest BCUT2D eigenvalue weighted by molar-refractivity contribution is 0.751. The lowest BCUT2D eigenvalue weighted by Gasteiger charge is -2.04. The highest BCUT2D eigenvalue weighted by molar-refractivity contribution is 6.28. The van der Waals surface area contributed by atoms with Crippen LogP contribution in [-0.4, -0.2) is 39.5 Å². The van der Waals surface area contributed by atoms with Crippen molar-refractivity contribution in [3.8, 4) is 11.9 Å². The molecule has 4 rings (SSSR count). The van der Waals surface area contributed by atoms with Gasteiger partial charge in [-0.25, -0.2) is 4.98 Å². The Kier molecular flexibility index (Phi) is 2.61. The number of nitrogens with zero attached hydrogens (tertiary/aromatic N) is 8. The van der Waals surface area contributed by atoms with E-state index in [4.69, 9.17) is 11.6 Å². The Balaban J connectivity index is 1.93. The number of hydrogen-bond acceptors (Lipinski definition) is 6. The first kappa shape index (κ1) is 11.9. The van der Waals surface area contributed by atoms with E-state index in [0.717, 1.165) is 11.0 Å². The Labute approximate surface area is 123 Å². The zero-order valence-corrected chi connectivity index (χ0v) is 11.3. The van der Waals surface area contributed by atoms with Gasteiger partial charge in [-0.05, 0) is 23.7 Å². The summed E-state index contributed by atoms with van der Waals surface area (Å²) in [7, 11) is 0. The van der Waals surface area contributed by atoms with E-state index in [1.807, 2.05) is 24.3 Å². The molecule has 4 aromatic rings. The molecule has 0 aliphatic rings. The second kappa shape index (κ2) is 4.60. The second-order valence-corrected chi connectivity index (χ2v) is 4.50. The molecule has 8 nitrogen and oxygen atoms in total. The predicted octanol–water partition coefficient (Wildman–Crippen LogP) is 1.44. The Morgan fingerprint density at radius 1 is 1.00 bits per heavy atom. The predicted molar refractivity (Wildman–Crippen MR) is 74.4 cm³/mol. The minimum atomic E-state index is 0.0725. The molecule has 21 heavy (non-hydrogen) atoms. The Bertz CT molecular complexity index is 914. The van der Waals surface area contributed by atoms with Crippen molar-refractivity contribution in [2.45, 2.75) is 0 Å². The van der Waals surface area contributed by atoms with Gasteiger partial charge >= 0.3 is 0 Å². The maximum Gasteiger partial charge on any atom is 0.258 e. The summed E-state index contributed by atoms with van der Waals surface area (Å²) in [6.45, 7) is 0. The molecule has 0 amide bonds. The Morgan fingerprint density at radius 2 is 1.86 bits per heavy atom. The first-order valence-electron chi connectivity index (χ1n) is 6.02. The van der Waals surface area contributed by atoms with Crippen molar-refractivity contribution in [3.63, 3.8) is 0 Å². The maximum atomic E-state index is 5.98. The summed E-state index contributed by atoms with van der Waals surface area (Å²) in [5, 5.41) is 8.20. The Morgan fingerprint density at radius 3 is 2.71 bits per heavy atom. The molecule has 0 bridgehead atoms. The second-order valence-electron chi connectivity index (χ2n) is 4.16. The monoisotopic (exact) mass is 298 g/mol. The molecule has 9 heteroatoms. The van der Waals surface area contributed by atoms with Gasteiger partial charge in [0, 0.05) is 12.4 Å². The van der Waals surface area contributed by atoms with E-state index >= 15 is 0 Å². The normalized spacial score (nSPS) is 11.1. The van der Waals surface area contributed by atoms with Gasteiger partial charge < -0.3 is 0 Å². The van der Waals surface area contributed by atoms with Gasteiger partial charge in [-0.3, -0.25) is 4.57 Å². The van der Waals surface area contributed by atoms with Gasteiger partial charge in [0.05, 0.1) is 5.52 Å². The van der Waals surface area contributed by atoms with Crippen LogP contribution in [0.25, 0.3) is 22.9 Å². The first-order valence-corrected chi connectivity index (χ1v) is 6.40. The molecule has 0 saturated heterocycles. The number of fused-ring (bicyclic) bond motifs is 1. The van der Waals surface area contributed by atoms with Crippen molar-refractivity contribution in [2.24, 2.45) is 0 Å². The fourth-order valence-corrected chi connectivity index (χ4v) is 2.08. The number of para-hydroxylation sites is 1. The van der Waals surface area contributed by atoms with Gasteiger partial charge in [-0.2, -0.15) is 19.6 Å². The third-order valence-electron chi connectivity index (χ3n) is 2.86. The average molecular weight is 299 g/mol. The number of benzene rings is 1. The number of aromatic nitrogens is 8. The molecule has 102 valence electrons. The smallest absolute Gasteiger partial charge is 0.258 e. The standard InChI is InChI=1S/C12H7ClN8/c13-10-15-11(20-6-5-14-7-20)17-12(16-10)21-9-4-2-1-3-8(9)18-19-21/h1-7H. The molecule has 0 aliphatic carbocycles. The van der Waals surface area contributed by atoms with Crippen molar-refractivity contribution in [1.29, 1.82) is 0 Å². The van der Waals surface area contributed by atoms with E-state index < -0.39 is 0 Å². The summed E-state index contributed by atoms with van der Waals surface area (Å²) in [6, 6.07) is 7.52. The van der Waals surface area contributed by atoms with Crippen LogP contribution in [0, 0.1) is 0 Å². The lowest BCUT2D eigenvalue weighted by atomic mass is 10.3. The van der Waals surface area contributed by atoms with E-state index in [0.29, 0.717) is 11.9 Å². The summed E-state index contributed by atoms with van der Waals surface area (Å²) in [5.41, 5.74) is 1.54. The fourth-order valence-electron chi connectivity index (χ4n) is 1.93. The van der Waals surface area contributed by atoms with Crippen LogP contribution in [-0.2, 0) is 0 Å². The number of halogens is 1. The van der Waals surface area contributed by atoms with Crippen LogP contribution in [0.1, 0.15) is 0 Å². The third-order valence-corrected chi connectivity index (χ3v) is 3.03. The molecule has 0 saturated carbocycles. The van der Waals surface area contributed by atoms with E-state index in [1.165, 1.54) is 4.68 Å². The molecule has 0 spiro atoms. The highest BCUT2D eigenvalue weighted by Gasteiger charge is 2.12. The van der Waals surface area contributed by atoms with Gasteiger partial charge in [-0.15, -0.1) is 5.10 Å². The fraction of sp³-hybridized carbons (Fsp3) is 0. The largest absolute Gasteiger partial charge is 0.274 e. The zero-order chi connectivity index (χ0) is 14.2. The lowest BCUT2D eigenvalue weighted by Crippen LogP contribution is -2.09. The van der Waals surface area contributed by atoms with Gasteiger partial charge in [0.25, 0.3) is 5.95 Å². The molecule has 0 unspecified atom stereocenters. The van der Waals surface area contributed by atoms with E-state index in [1.54, 1.807) is 23.3 Å². The summed E-state index contributed by atoms with van der Waals surface area (Å²) in [6.07, 6.45) is 4.92. The van der Waals surface area contributed by atoms with Crippen molar-refractivity contribution in [2.75, 3.05) is 0 Å². The minimum absolute atomic E-state index is 0.0725. The molecule has 3 heterocycles. The molecule has 0 fully saturated rings. The molecule has 0 radical (unpaired) electrons. The number of rotatable bonds is 2. The molecule has 0 atom stereocenters. The van der Waals surface area contributed by atoms with Gasteiger partial charge in [-0.1, -0.05) is 17.3 Å². The quantitative estimate of drug-likeness (QED) is 0.556. The summed E-state index contributed by atoms with van der Waals surface area (Å²) >= 11 is 5.98. The highest BCUT2D eigenvalue weighted by Crippen LogP contribution is 2.15. The third kappa shape index (κ3) is 2.01. The number of imidazole rings is 1. The van der Waals surface area contributed by atoms with Gasteiger partial charge in [0.1, 0.15) is 11.8 Å². The minimum Gasteiger partial charge on any atom is -0.274 e. The molecular formula is C12H7ClN8. The topological polar surface area (TPSA) is 87.2 Å². The van der Waals surface area contributed by atoms with Crippen molar-refractivity contribution < 1.29 is 0 Å². The molecule has 3 aromatic heterocycles. The summed E-state index contributed by atoms with van der Waals surface area (Å²) in [5.74, 6) is 0.662. The van der Waals surface area contributed by atoms with Crippen molar-refractivity contribution in [3.05, 3.63) is 48.3 Å². The Hall–Kier alpha value is -2.87. The maximum absolute atomic E-state index is 5.98. The zero-order valence-electron chi connectivity index (χ0n) is 10.5. The van der Waals surface area contributed by atoms with Crippen LogP contribution in [0.5, 0.6) is 0 Å². The van der Waals surface area contributed by atoms with Crippen LogP contribution in [0.3, 0.4) is 0 Å². The average Bonchev–Trinajstić information content (AvgIpc) is 3.16. The van der Waals surface area contributed by atoms with Crippen LogP contribution >= 0.6 is 11.6 Å². The van der Waals surface area contributed by atoms with Crippen LogP contribution in [0.2, 0.25) is 5.28 Å². The first-order chi connectivity index (χ1) is 10.3. The van der Waals surface area contributed by atoms with Crippen molar-refractivity contribution >= 4 is 22.6 Å². The van der Waals surface area contributed by atoms with Crippen LogP contribution in [0.4, 0.5) is 0 Å². The highest BCUT2D eigenvalue weighted by atomic mass is 35.5. The molecular weight excluding hydrogens is 292 g/mol. The summed E-state index contributed by atoms with van der Waals surface area (Å²) < 4.78 is 3.15.